The van der Waals surface area contributed by atoms with Gasteiger partial charge in [-0.05, 0) is 18.5 Å². The lowest BCUT2D eigenvalue weighted by molar-refractivity contribution is 0.781. The van der Waals surface area contributed by atoms with Gasteiger partial charge >= 0.3 is 0 Å². The average molecular weight is 270 g/mol. The third-order valence-corrected chi connectivity index (χ3v) is 3.29. The number of hydrogen-bond donors (Lipinski definition) is 1. The molecule has 0 aliphatic heterocycles. The molecule has 3 aromatic heterocycles. The van der Waals surface area contributed by atoms with Crippen molar-refractivity contribution in [1.82, 2.24) is 24.1 Å². The second kappa shape index (κ2) is 5.05. The zero-order valence-corrected chi connectivity index (χ0v) is 11.7. The average Bonchev–Trinajstić information content (AvgIpc) is 3.04. The van der Waals surface area contributed by atoms with Crippen molar-refractivity contribution in [2.45, 2.75) is 26.2 Å². The van der Waals surface area contributed by atoms with E-state index in [2.05, 4.69) is 35.0 Å². The fourth-order valence-electron chi connectivity index (χ4n) is 2.24. The Morgan fingerprint density at radius 2 is 2.00 bits per heavy atom. The highest BCUT2D eigenvalue weighted by molar-refractivity contribution is 5.61. The molecule has 0 saturated heterocycles. The Balaban J connectivity index is 2.17. The molecule has 0 aliphatic carbocycles. The van der Waals surface area contributed by atoms with Crippen molar-refractivity contribution >= 4 is 5.52 Å². The zero-order chi connectivity index (χ0) is 14.1. The molecule has 2 N–H and O–H groups in total. The second-order valence-electron chi connectivity index (χ2n) is 5.06. The van der Waals surface area contributed by atoms with Crippen LogP contribution in [-0.4, -0.2) is 30.7 Å². The second-order valence-corrected chi connectivity index (χ2v) is 5.06. The van der Waals surface area contributed by atoms with Crippen molar-refractivity contribution in [2.24, 2.45) is 5.73 Å². The van der Waals surface area contributed by atoms with Crippen LogP contribution in [0.3, 0.4) is 0 Å². The van der Waals surface area contributed by atoms with Crippen LogP contribution in [0, 0.1) is 0 Å². The van der Waals surface area contributed by atoms with Crippen molar-refractivity contribution in [3.8, 4) is 5.82 Å². The summed E-state index contributed by atoms with van der Waals surface area (Å²) in [7, 11) is 0. The quantitative estimate of drug-likeness (QED) is 0.780. The molecule has 0 aliphatic rings. The van der Waals surface area contributed by atoms with Crippen LogP contribution in [0.4, 0.5) is 0 Å². The highest BCUT2D eigenvalue weighted by Crippen LogP contribution is 2.20. The molecule has 0 amide bonds. The molecular formula is C14H18N6. The van der Waals surface area contributed by atoms with Gasteiger partial charge in [0.05, 0.1) is 5.69 Å². The normalized spacial score (nSPS) is 11.6. The Kier molecular flexibility index (Phi) is 3.23. The molecular weight excluding hydrogens is 252 g/mol. The van der Waals surface area contributed by atoms with Crippen LogP contribution in [0.15, 0.2) is 30.9 Å². The third-order valence-electron chi connectivity index (χ3n) is 3.29. The van der Waals surface area contributed by atoms with Gasteiger partial charge in [-0.3, -0.25) is 4.57 Å². The number of aromatic nitrogens is 5. The molecule has 0 unspecified atom stereocenters. The van der Waals surface area contributed by atoms with Crippen LogP contribution in [0.1, 0.15) is 31.3 Å². The molecule has 6 nitrogen and oxygen atoms in total. The summed E-state index contributed by atoms with van der Waals surface area (Å²) in [6.07, 6.45) is 8.03. The summed E-state index contributed by atoms with van der Waals surface area (Å²) < 4.78 is 3.85. The lowest BCUT2D eigenvalue weighted by Crippen LogP contribution is -2.10. The van der Waals surface area contributed by atoms with Gasteiger partial charge in [0.2, 0.25) is 0 Å². The topological polar surface area (TPSA) is 74.0 Å². The minimum absolute atomic E-state index is 0.383. The Morgan fingerprint density at radius 1 is 1.20 bits per heavy atom. The van der Waals surface area contributed by atoms with Gasteiger partial charge in [0.25, 0.3) is 0 Å². The molecule has 0 aromatic carbocycles. The van der Waals surface area contributed by atoms with E-state index in [1.807, 2.05) is 21.5 Å². The molecule has 0 bridgehead atoms. The van der Waals surface area contributed by atoms with Crippen LogP contribution in [0.5, 0.6) is 0 Å². The van der Waals surface area contributed by atoms with E-state index in [0.29, 0.717) is 12.5 Å². The van der Waals surface area contributed by atoms with Gasteiger partial charge in [-0.15, -0.1) is 0 Å². The van der Waals surface area contributed by atoms with Gasteiger partial charge in [0.1, 0.15) is 11.3 Å². The van der Waals surface area contributed by atoms with Crippen LogP contribution >= 0.6 is 0 Å². The van der Waals surface area contributed by atoms with Gasteiger partial charge in [-0.1, -0.05) is 13.8 Å². The van der Waals surface area contributed by atoms with E-state index in [9.17, 15) is 0 Å². The molecule has 0 fully saturated rings. The summed E-state index contributed by atoms with van der Waals surface area (Å²) in [5.41, 5.74) is 7.67. The highest BCUT2D eigenvalue weighted by Gasteiger charge is 2.13. The number of nitrogens with zero attached hydrogens (tertiary/aromatic N) is 5. The summed E-state index contributed by atoms with van der Waals surface area (Å²) in [5.74, 6) is 2.14. The molecule has 0 atom stereocenters. The van der Waals surface area contributed by atoms with E-state index >= 15 is 0 Å². The van der Waals surface area contributed by atoms with Crippen molar-refractivity contribution in [2.75, 3.05) is 6.54 Å². The van der Waals surface area contributed by atoms with Crippen LogP contribution in [0.2, 0.25) is 0 Å². The Hall–Kier alpha value is -2.21. The Labute approximate surface area is 117 Å². The molecule has 3 aromatic rings. The van der Waals surface area contributed by atoms with Gasteiger partial charge in [-0.25, -0.2) is 14.5 Å². The molecule has 0 radical (unpaired) electrons. The van der Waals surface area contributed by atoms with Crippen LogP contribution in [0.25, 0.3) is 11.3 Å². The number of nitrogens with two attached hydrogens (primary N) is 1. The number of fused-ring (bicyclic) bond motifs is 1. The number of rotatable bonds is 4. The van der Waals surface area contributed by atoms with Gasteiger partial charge in [0, 0.05) is 31.2 Å². The molecule has 3 heterocycles. The van der Waals surface area contributed by atoms with E-state index in [-0.39, 0.29) is 0 Å². The van der Waals surface area contributed by atoms with Gasteiger partial charge in [0.15, 0.2) is 5.82 Å². The Bertz CT molecular complexity index is 724. The number of hydrogen-bond acceptors (Lipinski definition) is 4. The summed E-state index contributed by atoms with van der Waals surface area (Å²) in [5, 5.41) is 4.58. The van der Waals surface area contributed by atoms with E-state index in [4.69, 9.17) is 5.73 Å². The lowest BCUT2D eigenvalue weighted by atomic mass is 10.1. The Morgan fingerprint density at radius 3 is 2.75 bits per heavy atom. The molecule has 0 saturated carbocycles. The smallest absolute Gasteiger partial charge is 0.164 e. The molecule has 20 heavy (non-hydrogen) atoms. The fraction of sp³-hybridized carbons (Fsp3) is 0.357. The SMILES string of the molecule is CC(C)c1cc2c(-n3ccnc3CCN)nccn2n1. The summed E-state index contributed by atoms with van der Waals surface area (Å²) >= 11 is 0. The fourth-order valence-corrected chi connectivity index (χ4v) is 2.24. The predicted molar refractivity (Wildman–Crippen MR) is 77.0 cm³/mol. The first kappa shape index (κ1) is 12.8. The maximum Gasteiger partial charge on any atom is 0.164 e. The minimum Gasteiger partial charge on any atom is -0.330 e. The standard InChI is InChI=1S/C14H18N6/c1-10(2)11-9-12-14(17-6-8-20(12)18-11)19-7-5-16-13(19)3-4-15/h5-10H,3-4,15H2,1-2H3. The van der Waals surface area contributed by atoms with E-state index in [1.165, 1.54) is 0 Å². The largest absolute Gasteiger partial charge is 0.330 e. The van der Waals surface area contributed by atoms with Crippen molar-refractivity contribution < 1.29 is 0 Å². The van der Waals surface area contributed by atoms with Gasteiger partial charge < -0.3 is 5.73 Å². The predicted octanol–water partition coefficient (Wildman–Crippen LogP) is 1.54. The number of imidazole rings is 1. The molecule has 3 rings (SSSR count). The third kappa shape index (κ3) is 2.08. The van der Waals surface area contributed by atoms with Crippen LogP contribution in [-0.2, 0) is 6.42 Å². The summed E-state index contributed by atoms with van der Waals surface area (Å²) in [4.78, 5) is 8.83. The van der Waals surface area contributed by atoms with Crippen molar-refractivity contribution in [3.05, 3.63) is 42.4 Å². The summed E-state index contributed by atoms with van der Waals surface area (Å²) in [6, 6.07) is 2.08. The van der Waals surface area contributed by atoms with E-state index in [0.717, 1.165) is 29.3 Å². The first-order valence-electron chi connectivity index (χ1n) is 6.77. The van der Waals surface area contributed by atoms with Crippen molar-refractivity contribution in [3.63, 3.8) is 0 Å². The van der Waals surface area contributed by atoms with E-state index in [1.54, 1.807) is 12.4 Å². The van der Waals surface area contributed by atoms with Crippen LogP contribution < -0.4 is 5.73 Å². The zero-order valence-electron chi connectivity index (χ0n) is 11.7. The molecule has 0 spiro atoms. The molecule has 104 valence electrons. The van der Waals surface area contributed by atoms with Crippen molar-refractivity contribution in [1.29, 1.82) is 0 Å². The first-order valence-corrected chi connectivity index (χ1v) is 6.77. The lowest BCUT2D eigenvalue weighted by Gasteiger charge is -2.07. The minimum atomic E-state index is 0.383. The maximum absolute atomic E-state index is 5.63. The monoisotopic (exact) mass is 270 g/mol. The van der Waals surface area contributed by atoms with Gasteiger partial charge in [-0.2, -0.15) is 5.10 Å². The van der Waals surface area contributed by atoms with E-state index < -0.39 is 0 Å². The maximum atomic E-state index is 5.63. The summed E-state index contributed by atoms with van der Waals surface area (Å²) in [6.45, 7) is 4.83. The molecule has 6 heteroatoms. The highest BCUT2D eigenvalue weighted by atomic mass is 15.3. The first-order chi connectivity index (χ1) is 9.70.